The predicted octanol–water partition coefficient (Wildman–Crippen LogP) is 5.40. The molecule has 2 saturated heterocycles. The van der Waals surface area contributed by atoms with Gasteiger partial charge in [-0.15, -0.1) is 11.3 Å². The Morgan fingerprint density at radius 3 is 2.62 bits per heavy atom. The van der Waals surface area contributed by atoms with Crippen molar-refractivity contribution in [3.63, 3.8) is 0 Å². The topological polar surface area (TPSA) is 112 Å². The SMILES string of the molecule is COc1nc(N(C)C2CC(O)C2)c2ccc(-c3ccc(F)c4sc(N)c(C#N)c34)c(F)c2n1.FC1CC2CCCN2C1. The van der Waals surface area contributed by atoms with Crippen LogP contribution >= 0.6 is 11.3 Å². The van der Waals surface area contributed by atoms with Crippen molar-refractivity contribution in [3.05, 3.63) is 41.5 Å². The zero-order valence-electron chi connectivity index (χ0n) is 23.3. The molecular weight excluding hydrogens is 565 g/mol. The number of nitrogen functional groups attached to an aromatic ring is 1. The van der Waals surface area contributed by atoms with E-state index in [9.17, 15) is 19.1 Å². The number of nitriles is 1. The van der Waals surface area contributed by atoms with Gasteiger partial charge in [0.1, 0.15) is 34.4 Å². The van der Waals surface area contributed by atoms with Crippen LogP contribution in [0.15, 0.2) is 24.3 Å². The molecular formula is C30H31F3N6O2S. The summed E-state index contributed by atoms with van der Waals surface area (Å²) in [5.41, 5.74) is 6.61. The molecule has 7 rings (SSSR count). The van der Waals surface area contributed by atoms with Crippen molar-refractivity contribution in [3.8, 4) is 23.2 Å². The molecule has 4 aromatic rings. The number of nitrogens with zero attached hydrogens (tertiary/aromatic N) is 5. The minimum Gasteiger partial charge on any atom is -0.467 e. The number of rotatable bonds is 4. The van der Waals surface area contributed by atoms with Crippen molar-refractivity contribution in [1.29, 1.82) is 5.26 Å². The molecule has 3 N–H and O–H groups in total. The highest BCUT2D eigenvalue weighted by Gasteiger charge is 2.35. The van der Waals surface area contributed by atoms with Crippen LogP contribution in [-0.2, 0) is 0 Å². The van der Waals surface area contributed by atoms with E-state index in [4.69, 9.17) is 10.5 Å². The van der Waals surface area contributed by atoms with Gasteiger partial charge in [0.2, 0.25) is 0 Å². The van der Waals surface area contributed by atoms with Gasteiger partial charge in [-0.25, -0.2) is 13.2 Å². The second-order valence-corrected chi connectivity index (χ2v) is 12.2. The van der Waals surface area contributed by atoms with Crippen molar-refractivity contribution in [1.82, 2.24) is 14.9 Å². The number of thiophene rings is 1. The summed E-state index contributed by atoms with van der Waals surface area (Å²) < 4.78 is 48.4. The molecule has 42 heavy (non-hydrogen) atoms. The van der Waals surface area contributed by atoms with Gasteiger partial charge < -0.3 is 20.5 Å². The Morgan fingerprint density at radius 1 is 1.17 bits per heavy atom. The van der Waals surface area contributed by atoms with Crippen LogP contribution in [0.1, 0.15) is 37.7 Å². The van der Waals surface area contributed by atoms with Gasteiger partial charge >= 0.3 is 6.01 Å². The first-order valence-electron chi connectivity index (χ1n) is 13.9. The lowest BCUT2D eigenvalue weighted by Crippen LogP contribution is -2.45. The van der Waals surface area contributed by atoms with E-state index >= 15 is 4.39 Å². The summed E-state index contributed by atoms with van der Waals surface area (Å²) in [6.07, 6.45) is 3.64. The van der Waals surface area contributed by atoms with Crippen molar-refractivity contribution < 1.29 is 23.0 Å². The molecule has 220 valence electrons. The van der Waals surface area contributed by atoms with Gasteiger partial charge in [0.05, 0.1) is 23.5 Å². The number of nitrogens with two attached hydrogens (primary N) is 1. The molecule has 2 atom stereocenters. The van der Waals surface area contributed by atoms with Gasteiger partial charge in [0, 0.05) is 42.0 Å². The number of aliphatic hydroxyl groups is 1. The molecule has 2 aromatic heterocycles. The van der Waals surface area contributed by atoms with Crippen LogP contribution in [0.2, 0.25) is 0 Å². The fourth-order valence-electron chi connectivity index (χ4n) is 6.29. The molecule has 2 aromatic carbocycles. The Kier molecular flexibility index (Phi) is 7.59. The molecule has 0 amide bonds. The van der Waals surface area contributed by atoms with Crippen LogP contribution in [0.4, 0.5) is 24.0 Å². The standard InChI is InChI=1S/C23H19F2N5O2S.C7H12FN/c1-30(10-7-11(31)8-10)22-14-4-3-13(18(25)19(14)28-23(29-22)32-2)12-5-6-16(24)20-17(12)15(9-26)21(27)33-20;8-6-4-7-2-1-3-9(7)5-6/h3-6,10-11,31H,7-8,27H2,1-2H3;6-7H,1-5H2. The number of ether oxygens (including phenoxy) is 1. The fraction of sp³-hybridized carbons (Fsp3) is 0.433. The summed E-state index contributed by atoms with van der Waals surface area (Å²) in [6, 6.07) is 8.63. The number of hydrogen-bond acceptors (Lipinski definition) is 9. The van der Waals surface area contributed by atoms with Crippen LogP contribution in [0.5, 0.6) is 6.01 Å². The van der Waals surface area contributed by atoms with Gasteiger partial charge in [-0.1, -0.05) is 12.1 Å². The highest BCUT2D eigenvalue weighted by atomic mass is 32.1. The number of hydrogen-bond donors (Lipinski definition) is 2. The van der Waals surface area contributed by atoms with E-state index in [0.717, 1.165) is 24.3 Å². The summed E-state index contributed by atoms with van der Waals surface area (Å²) in [5.74, 6) is -0.678. The molecule has 0 spiro atoms. The zero-order chi connectivity index (χ0) is 29.7. The maximum Gasteiger partial charge on any atom is 0.318 e. The minimum atomic E-state index is -0.641. The minimum absolute atomic E-state index is 0.00187. The second kappa shape index (κ2) is 11.2. The smallest absolute Gasteiger partial charge is 0.318 e. The van der Waals surface area contributed by atoms with Gasteiger partial charge in [-0.05, 0) is 56.3 Å². The van der Waals surface area contributed by atoms with Crippen molar-refractivity contribution >= 4 is 43.1 Å². The molecule has 2 aliphatic heterocycles. The number of anilines is 2. The number of aliphatic hydroxyl groups excluding tert-OH is 1. The van der Waals surface area contributed by atoms with Crippen molar-refractivity contribution in [2.75, 3.05) is 37.9 Å². The average Bonchev–Trinajstić information content (AvgIpc) is 3.64. The maximum absolute atomic E-state index is 15.9. The van der Waals surface area contributed by atoms with E-state index in [1.54, 1.807) is 12.1 Å². The van der Waals surface area contributed by atoms with E-state index in [1.165, 1.54) is 32.1 Å². The molecule has 4 heterocycles. The van der Waals surface area contributed by atoms with E-state index in [0.29, 0.717) is 42.2 Å². The van der Waals surface area contributed by atoms with Crippen LogP contribution in [0.3, 0.4) is 0 Å². The first-order chi connectivity index (χ1) is 20.2. The summed E-state index contributed by atoms with van der Waals surface area (Å²) >= 11 is 0.958. The molecule has 0 bridgehead atoms. The number of halogens is 3. The molecule has 1 saturated carbocycles. The van der Waals surface area contributed by atoms with Gasteiger partial charge in [-0.2, -0.15) is 15.2 Å². The highest BCUT2D eigenvalue weighted by Crippen LogP contribution is 2.43. The molecule has 2 unspecified atom stereocenters. The Bertz CT molecular complexity index is 1690. The highest BCUT2D eigenvalue weighted by molar-refractivity contribution is 7.23. The maximum atomic E-state index is 15.9. The summed E-state index contributed by atoms with van der Waals surface area (Å²) in [7, 11) is 3.23. The first-order valence-corrected chi connectivity index (χ1v) is 14.8. The van der Waals surface area contributed by atoms with Crippen LogP contribution in [-0.4, -0.2) is 71.6 Å². The number of methoxy groups -OCH3 is 1. The molecule has 12 heteroatoms. The monoisotopic (exact) mass is 596 g/mol. The van der Waals surface area contributed by atoms with Gasteiger partial charge in [0.25, 0.3) is 0 Å². The molecule has 1 aliphatic carbocycles. The molecule has 3 fully saturated rings. The number of aromatic nitrogens is 2. The fourth-order valence-corrected chi connectivity index (χ4v) is 7.24. The number of benzene rings is 2. The third-order valence-corrected chi connectivity index (χ3v) is 9.63. The number of fused-ring (bicyclic) bond motifs is 3. The Labute approximate surface area is 245 Å². The van der Waals surface area contributed by atoms with E-state index in [2.05, 4.69) is 14.9 Å². The zero-order valence-corrected chi connectivity index (χ0v) is 24.1. The Balaban J connectivity index is 0.000000296. The summed E-state index contributed by atoms with van der Waals surface area (Å²) in [6.45, 7) is 1.86. The molecule has 8 nitrogen and oxygen atoms in total. The predicted molar refractivity (Wildman–Crippen MR) is 157 cm³/mol. The van der Waals surface area contributed by atoms with Crippen LogP contribution in [0, 0.1) is 23.0 Å². The van der Waals surface area contributed by atoms with E-state index in [1.807, 2.05) is 18.0 Å². The summed E-state index contributed by atoms with van der Waals surface area (Å²) in [4.78, 5) is 12.8. The van der Waals surface area contributed by atoms with Gasteiger partial charge in [-0.3, -0.25) is 4.90 Å². The first kappa shape index (κ1) is 28.5. The Hall–Kier alpha value is -3.66. The quantitative estimate of drug-likeness (QED) is 0.322. The third kappa shape index (κ3) is 4.89. The average molecular weight is 597 g/mol. The van der Waals surface area contributed by atoms with Crippen molar-refractivity contribution in [2.45, 2.75) is 56.5 Å². The van der Waals surface area contributed by atoms with Crippen molar-refractivity contribution in [2.24, 2.45) is 0 Å². The third-order valence-electron chi connectivity index (χ3n) is 8.60. The van der Waals surface area contributed by atoms with Crippen LogP contribution < -0.4 is 15.4 Å². The van der Waals surface area contributed by atoms with Crippen LogP contribution in [0.25, 0.3) is 32.1 Å². The largest absolute Gasteiger partial charge is 0.467 e. The molecule has 3 aliphatic rings. The van der Waals surface area contributed by atoms with Gasteiger partial charge in [0.15, 0.2) is 5.82 Å². The lowest BCUT2D eigenvalue weighted by atomic mass is 9.88. The normalized spacial score (nSPS) is 23.3. The summed E-state index contributed by atoms with van der Waals surface area (Å²) in [5, 5.41) is 20.2. The van der Waals surface area contributed by atoms with E-state index in [-0.39, 0.29) is 49.9 Å². The molecule has 0 radical (unpaired) electrons. The lowest BCUT2D eigenvalue weighted by molar-refractivity contribution is 0.0749. The Morgan fingerprint density at radius 2 is 1.93 bits per heavy atom. The second-order valence-electron chi connectivity index (χ2n) is 11.1. The van der Waals surface area contributed by atoms with E-state index < -0.39 is 17.8 Å². The lowest BCUT2D eigenvalue weighted by Gasteiger charge is -2.39. The number of alkyl halides is 1.